The van der Waals surface area contributed by atoms with E-state index in [1.54, 1.807) is 38.4 Å². The summed E-state index contributed by atoms with van der Waals surface area (Å²) >= 11 is 1.53. The van der Waals surface area contributed by atoms with Crippen molar-refractivity contribution in [1.29, 1.82) is 0 Å². The highest BCUT2D eigenvalue weighted by atomic mass is 32.1. The molecule has 4 heterocycles. The van der Waals surface area contributed by atoms with Crippen molar-refractivity contribution in [1.82, 2.24) is 35.7 Å². The summed E-state index contributed by atoms with van der Waals surface area (Å²) in [6, 6.07) is 14.1. The van der Waals surface area contributed by atoms with Gasteiger partial charge in [0.05, 0.1) is 44.7 Å². The van der Waals surface area contributed by atoms with E-state index in [9.17, 15) is 47.0 Å². The van der Waals surface area contributed by atoms with Crippen molar-refractivity contribution in [3.63, 3.8) is 0 Å². The number of rotatable bonds is 14. The first-order valence-corrected chi connectivity index (χ1v) is 24.6. The second-order valence-electron chi connectivity index (χ2n) is 19.7. The molecule has 3 aromatic carbocycles. The highest BCUT2D eigenvalue weighted by Crippen LogP contribution is 2.37. The number of halogens is 4. The molecular formula is C52H59F4N9O7S. The number of carbonyl (C=O) groups is 5. The van der Waals surface area contributed by atoms with E-state index in [0.717, 1.165) is 27.8 Å². The minimum absolute atomic E-state index is 0.000991. The number of H-pyrrole nitrogens is 1. The third kappa shape index (κ3) is 12.6. The van der Waals surface area contributed by atoms with Gasteiger partial charge >= 0.3 is 6.18 Å². The number of hydrogen-bond acceptors (Lipinski definition) is 11. The molecule has 21 heteroatoms. The molecule has 5 amide bonds. The summed E-state index contributed by atoms with van der Waals surface area (Å²) < 4.78 is 57.7. The summed E-state index contributed by atoms with van der Waals surface area (Å²) in [4.78, 5) is 93.0. The summed E-state index contributed by atoms with van der Waals surface area (Å²) in [6.07, 6.45) is -5.58. The molecule has 2 fully saturated rings. The van der Waals surface area contributed by atoms with E-state index in [-0.39, 0.29) is 66.9 Å². The Balaban J connectivity index is 1.01. The number of β-amino-alcohol motifs (C(OH)–C–C–N with tert-alkyl or cyclic N) is 1. The number of thiazole rings is 1. The number of nitrogens with zero attached hydrogens (tertiary/aromatic N) is 4. The molecule has 0 spiro atoms. The number of amides is 5. The van der Waals surface area contributed by atoms with Crippen LogP contribution in [0.5, 0.6) is 0 Å². The van der Waals surface area contributed by atoms with Crippen LogP contribution in [-0.2, 0) is 27.1 Å². The molecule has 2 saturated heterocycles. The number of aromatic amines is 1. The molecule has 16 nitrogen and oxygen atoms in total. The number of alkyl halides is 3. The molecule has 6 N–H and O–H groups in total. The van der Waals surface area contributed by atoms with Crippen LogP contribution in [0.4, 0.5) is 28.9 Å². The van der Waals surface area contributed by atoms with Crippen LogP contribution in [0.25, 0.3) is 21.6 Å². The number of likely N-dealkylation sites (tertiary alicyclic amines) is 1. The second kappa shape index (κ2) is 22.0. The minimum Gasteiger partial charge on any atom is -0.391 e. The average Bonchev–Trinajstić information content (AvgIpc) is 3.95. The first-order chi connectivity index (χ1) is 34.4. The normalized spacial score (nSPS) is 18.8. The van der Waals surface area contributed by atoms with Gasteiger partial charge in [-0.05, 0) is 80.3 Å². The number of pyridine rings is 1. The SMILES string of the molecule is Cc1ncsc1-c1ccc(CNC(=O)[C@@H]2C[C@@H](O)CN2C(=O)[C@@H](NC(=O)CCNC(=O)c2ccc(F)c(-c3ccc(N4C[C@@H](C)N(C)[C@@H](C)C4)c(NC(=O)c4c[nH]c(=O)cc4C(F)(F)F)c3)c2)C(C)(C)C)cc1. The van der Waals surface area contributed by atoms with Gasteiger partial charge in [0, 0.05) is 81.0 Å². The molecule has 2 aliphatic rings. The molecule has 2 aromatic heterocycles. The number of nitrogens with one attached hydrogen (secondary N) is 5. The lowest BCUT2D eigenvalue weighted by atomic mass is 9.85. The van der Waals surface area contributed by atoms with Gasteiger partial charge < -0.3 is 41.2 Å². The first-order valence-electron chi connectivity index (χ1n) is 23.7. The van der Waals surface area contributed by atoms with Crippen LogP contribution in [0.1, 0.15) is 85.0 Å². The van der Waals surface area contributed by atoms with E-state index in [1.165, 1.54) is 34.4 Å². The van der Waals surface area contributed by atoms with Crippen LogP contribution in [-0.4, -0.2) is 118 Å². The molecular weight excluding hydrogens is 971 g/mol. The van der Waals surface area contributed by atoms with Crippen LogP contribution in [0.3, 0.4) is 0 Å². The van der Waals surface area contributed by atoms with E-state index < -0.39 is 81.8 Å². The lowest BCUT2D eigenvalue weighted by Gasteiger charge is -2.44. The van der Waals surface area contributed by atoms with Crippen molar-refractivity contribution in [3.05, 3.63) is 123 Å². The van der Waals surface area contributed by atoms with Crippen molar-refractivity contribution < 1.29 is 46.6 Å². The number of likely N-dealkylation sites (N-methyl/N-ethyl adjacent to an activating group) is 1. The predicted octanol–water partition coefficient (Wildman–Crippen LogP) is 6.34. The molecule has 0 aliphatic carbocycles. The van der Waals surface area contributed by atoms with Crippen LogP contribution in [0.2, 0.25) is 0 Å². The summed E-state index contributed by atoms with van der Waals surface area (Å²) in [5.74, 6) is -4.20. The fourth-order valence-corrected chi connectivity index (χ4v) is 9.87. The summed E-state index contributed by atoms with van der Waals surface area (Å²) in [7, 11) is 1.97. The average molecular weight is 1030 g/mol. The van der Waals surface area contributed by atoms with Gasteiger partial charge in [0.25, 0.3) is 11.8 Å². The first kappa shape index (κ1) is 53.8. The molecule has 5 atom stereocenters. The molecule has 2 aliphatic heterocycles. The van der Waals surface area contributed by atoms with E-state index in [2.05, 4.69) is 36.1 Å². The van der Waals surface area contributed by atoms with Gasteiger partial charge in [-0.25, -0.2) is 9.37 Å². The van der Waals surface area contributed by atoms with Gasteiger partial charge in [0.2, 0.25) is 23.3 Å². The topological polar surface area (TPSA) is 209 Å². The smallest absolute Gasteiger partial charge is 0.391 e. The highest BCUT2D eigenvalue weighted by molar-refractivity contribution is 7.13. The highest BCUT2D eigenvalue weighted by Gasteiger charge is 2.44. The molecule has 73 heavy (non-hydrogen) atoms. The Bertz CT molecular complexity index is 2930. The van der Waals surface area contributed by atoms with E-state index >= 15 is 4.39 Å². The number of aliphatic hydroxyl groups excluding tert-OH is 1. The van der Waals surface area contributed by atoms with E-state index in [4.69, 9.17) is 0 Å². The van der Waals surface area contributed by atoms with Gasteiger partial charge in [-0.15, -0.1) is 11.3 Å². The van der Waals surface area contributed by atoms with Crippen molar-refractivity contribution in [3.8, 4) is 21.6 Å². The Hall–Kier alpha value is -6.97. The summed E-state index contributed by atoms with van der Waals surface area (Å²) in [5, 5.41) is 21.5. The standard InChI is InChI=1S/C52H59F4N9O7S/c1-28-24-64(25-29(2)63(28)7)41-15-13-33(19-40(41)61-48(70)37-23-58-44(68)21-38(37)52(54,55)56)36-18-34(12-14-39(36)53)47(69)57-17-16-43(67)62-46(51(4,5)6)50(72)65-26-35(66)20-42(65)49(71)59-22-31-8-10-32(11-9-31)45-30(3)60-27-73-45/h8-15,18-19,21,23,27-29,35,42,46,66H,16-17,20,22,24-26H2,1-7H3,(H,57,69)(H,58,68)(H,59,71)(H,61,70)(H,62,67)/t28-,29+,35-,42+,46-/m1/s1. The molecule has 388 valence electrons. The van der Waals surface area contributed by atoms with Crippen LogP contribution < -0.4 is 31.7 Å². The lowest BCUT2D eigenvalue weighted by molar-refractivity contribution is -0.144. The Morgan fingerprint density at radius 1 is 0.904 bits per heavy atom. The third-order valence-electron chi connectivity index (χ3n) is 13.3. The Morgan fingerprint density at radius 2 is 1.59 bits per heavy atom. The van der Waals surface area contributed by atoms with Crippen molar-refractivity contribution in [2.45, 2.75) is 97.4 Å². The van der Waals surface area contributed by atoms with Crippen LogP contribution in [0.15, 0.2) is 83.2 Å². The number of aryl methyl sites for hydroxylation is 1. The number of aromatic nitrogens is 2. The minimum atomic E-state index is -5.03. The Kier molecular flexibility index (Phi) is 16.2. The molecule has 7 rings (SSSR count). The number of piperazine rings is 1. The number of aliphatic hydroxyl groups is 1. The predicted molar refractivity (Wildman–Crippen MR) is 269 cm³/mol. The second-order valence-corrected chi connectivity index (χ2v) is 20.6. The van der Waals surface area contributed by atoms with Gasteiger partial charge in [-0.3, -0.25) is 33.7 Å². The fourth-order valence-electron chi connectivity index (χ4n) is 9.06. The van der Waals surface area contributed by atoms with Gasteiger partial charge in [0.1, 0.15) is 17.9 Å². The number of hydrogen-bond donors (Lipinski definition) is 6. The maximum atomic E-state index is 15.7. The van der Waals surface area contributed by atoms with Gasteiger partial charge in [-0.2, -0.15) is 13.2 Å². The molecule has 5 aromatic rings. The van der Waals surface area contributed by atoms with Crippen LogP contribution in [0, 0.1) is 18.2 Å². The zero-order valence-corrected chi connectivity index (χ0v) is 42.3. The Labute approximate surface area is 423 Å². The maximum absolute atomic E-state index is 15.7. The maximum Gasteiger partial charge on any atom is 0.417 e. The van der Waals surface area contributed by atoms with Crippen molar-refractivity contribution in [2.75, 3.05) is 43.4 Å². The fraction of sp³-hybridized carbons (Fsp3) is 0.404. The lowest BCUT2D eigenvalue weighted by Crippen LogP contribution is -2.57. The van der Waals surface area contributed by atoms with E-state index in [0.29, 0.717) is 31.0 Å². The monoisotopic (exact) mass is 1030 g/mol. The number of anilines is 2. The Morgan fingerprint density at radius 3 is 2.23 bits per heavy atom. The van der Waals surface area contributed by atoms with E-state index in [1.807, 2.05) is 57.0 Å². The summed E-state index contributed by atoms with van der Waals surface area (Å²) in [6.45, 7) is 12.0. The largest absolute Gasteiger partial charge is 0.417 e. The number of benzene rings is 3. The molecule has 0 radical (unpaired) electrons. The summed E-state index contributed by atoms with van der Waals surface area (Å²) in [5.41, 5.74) is 0.968. The molecule has 0 unspecified atom stereocenters. The van der Waals surface area contributed by atoms with Crippen molar-refractivity contribution in [2.24, 2.45) is 5.41 Å². The zero-order valence-electron chi connectivity index (χ0n) is 41.4. The third-order valence-corrected chi connectivity index (χ3v) is 14.3. The van der Waals surface area contributed by atoms with Crippen LogP contribution >= 0.6 is 11.3 Å². The van der Waals surface area contributed by atoms with Gasteiger partial charge in [0.15, 0.2) is 0 Å². The molecule has 0 saturated carbocycles. The zero-order chi connectivity index (χ0) is 53.1. The van der Waals surface area contributed by atoms with Gasteiger partial charge in [-0.1, -0.05) is 51.1 Å². The molecule has 0 bridgehead atoms. The number of carbonyl (C=O) groups excluding carboxylic acids is 5. The quantitative estimate of drug-likeness (QED) is 0.0681. The van der Waals surface area contributed by atoms with Crippen molar-refractivity contribution >= 4 is 52.2 Å².